The molecule has 302 valence electrons. The van der Waals surface area contributed by atoms with Crippen LogP contribution in [0, 0.1) is 0 Å². The number of benzene rings is 8. The molecule has 0 saturated carbocycles. The quantitative estimate of drug-likeness (QED) is 0.167. The second-order valence-electron chi connectivity index (χ2n) is 17.2. The smallest absolute Gasteiger partial charge is 0.164 e. The minimum atomic E-state index is -0.629. The molecule has 0 N–H and O–H groups in total. The molecule has 0 aliphatic heterocycles. The maximum Gasteiger partial charge on any atom is 0.164 e. The van der Waals surface area contributed by atoms with Crippen molar-refractivity contribution < 1.29 is 0 Å². The van der Waals surface area contributed by atoms with Crippen molar-refractivity contribution in [2.45, 2.75) is 24.7 Å². The van der Waals surface area contributed by atoms with Crippen molar-refractivity contribution in [1.82, 2.24) is 24.9 Å². The lowest BCUT2D eigenvalue weighted by Crippen LogP contribution is -2.40. The Morgan fingerprint density at radius 2 is 0.703 bits per heavy atom. The van der Waals surface area contributed by atoms with E-state index in [-0.39, 0.29) is 5.41 Å². The van der Waals surface area contributed by atoms with Gasteiger partial charge >= 0.3 is 0 Å². The maximum absolute atomic E-state index is 5.32. The summed E-state index contributed by atoms with van der Waals surface area (Å²) >= 11 is 0. The minimum absolute atomic E-state index is 0.231. The van der Waals surface area contributed by atoms with Gasteiger partial charge in [0.25, 0.3) is 0 Å². The zero-order chi connectivity index (χ0) is 42.8. The average Bonchev–Trinajstić information content (AvgIpc) is 3.67. The van der Waals surface area contributed by atoms with E-state index in [1.807, 2.05) is 60.7 Å². The number of nitrogens with zero attached hydrogens (tertiary/aromatic N) is 5. The molecule has 0 unspecified atom stereocenters. The van der Waals surface area contributed by atoms with E-state index in [4.69, 9.17) is 24.9 Å². The van der Waals surface area contributed by atoms with Crippen molar-refractivity contribution >= 4 is 0 Å². The third-order valence-corrected chi connectivity index (χ3v) is 13.2. The molecule has 2 heterocycles. The molecule has 2 aromatic heterocycles. The first-order chi connectivity index (χ1) is 31.5. The van der Waals surface area contributed by atoms with Gasteiger partial charge in [-0.05, 0) is 56.6 Å². The minimum Gasteiger partial charge on any atom is -0.228 e. The van der Waals surface area contributed by atoms with E-state index in [1.165, 1.54) is 33.4 Å². The Hall–Kier alpha value is -8.15. The number of hydrogen-bond acceptors (Lipinski definition) is 5. The van der Waals surface area contributed by atoms with Gasteiger partial charge in [0.1, 0.15) is 0 Å². The first kappa shape index (κ1) is 37.6. The van der Waals surface area contributed by atoms with Crippen LogP contribution in [-0.2, 0) is 10.8 Å². The fourth-order valence-corrected chi connectivity index (χ4v) is 10.3. The fraction of sp³-hybridized carbons (Fsp3) is 0.0678. The number of aromatic nitrogens is 5. The van der Waals surface area contributed by atoms with Gasteiger partial charge in [0.2, 0.25) is 0 Å². The SMILES string of the molecule is CC1(C)c2ccccc2C2(c3ccc(-c4cc(-c5ccccc5)nc(-c5ccccc5)n4)cc3-c3c(-c4nc(-c5ccccc5)nc(-c5ccccc5)n4)cccc32)c2ccccc21. The Labute approximate surface area is 372 Å². The van der Waals surface area contributed by atoms with Crippen molar-refractivity contribution in [3.63, 3.8) is 0 Å². The van der Waals surface area contributed by atoms with Gasteiger partial charge < -0.3 is 0 Å². The normalized spacial score (nSPS) is 13.7. The van der Waals surface area contributed by atoms with Gasteiger partial charge in [-0.3, -0.25) is 0 Å². The molecule has 0 saturated heterocycles. The lowest BCUT2D eigenvalue weighted by molar-refractivity contribution is 0.563. The molecule has 2 aliphatic carbocycles. The van der Waals surface area contributed by atoms with E-state index >= 15 is 0 Å². The second kappa shape index (κ2) is 14.7. The lowest BCUT2D eigenvalue weighted by atomic mass is 9.55. The van der Waals surface area contributed by atoms with Crippen molar-refractivity contribution in [3.05, 3.63) is 246 Å². The van der Waals surface area contributed by atoms with Crippen molar-refractivity contribution in [1.29, 1.82) is 0 Å². The molecule has 0 fully saturated rings. The van der Waals surface area contributed by atoms with Crippen molar-refractivity contribution in [2.75, 3.05) is 0 Å². The summed E-state index contributed by atoms with van der Waals surface area (Å²) in [6.07, 6.45) is 0. The molecule has 8 aromatic carbocycles. The Kier molecular flexibility index (Phi) is 8.66. The zero-order valence-electron chi connectivity index (χ0n) is 35.4. The average molecular weight is 820 g/mol. The van der Waals surface area contributed by atoms with Crippen LogP contribution in [0.4, 0.5) is 0 Å². The number of fused-ring (bicyclic) bond motifs is 9. The van der Waals surface area contributed by atoms with Crippen molar-refractivity contribution in [3.8, 4) is 79.2 Å². The molecule has 0 atom stereocenters. The standard InChI is InChI=1S/C59H41N5/c1-58(2)46-29-15-17-31-48(46)59(49-32-18-16-30-47(49)58)45-35-34-42(52-37-51(38-20-7-3-8-21-38)60-54(61-52)39-22-9-4-10-23-39)36-44(45)53-43(28-19-33-50(53)59)57-63-55(40-24-11-5-12-25-40)62-56(64-57)41-26-13-6-14-27-41/h3-37H,1-2H3. The zero-order valence-corrected chi connectivity index (χ0v) is 35.4. The van der Waals surface area contributed by atoms with Crippen LogP contribution in [0.5, 0.6) is 0 Å². The summed E-state index contributed by atoms with van der Waals surface area (Å²) in [5.41, 5.74) is 16.5. The van der Waals surface area contributed by atoms with E-state index in [9.17, 15) is 0 Å². The van der Waals surface area contributed by atoms with Crippen LogP contribution in [0.1, 0.15) is 47.2 Å². The van der Waals surface area contributed by atoms with Crippen LogP contribution in [0.2, 0.25) is 0 Å². The van der Waals surface area contributed by atoms with E-state index in [0.717, 1.165) is 55.9 Å². The van der Waals surface area contributed by atoms with Gasteiger partial charge in [-0.2, -0.15) is 0 Å². The van der Waals surface area contributed by atoms with Crippen molar-refractivity contribution in [2.24, 2.45) is 0 Å². The topological polar surface area (TPSA) is 64.5 Å². The molecule has 0 bridgehead atoms. The Morgan fingerprint density at radius 3 is 1.23 bits per heavy atom. The van der Waals surface area contributed by atoms with Gasteiger partial charge in [-0.15, -0.1) is 0 Å². The Morgan fingerprint density at radius 1 is 0.281 bits per heavy atom. The number of rotatable bonds is 6. The van der Waals surface area contributed by atoms with Gasteiger partial charge in [0.05, 0.1) is 16.8 Å². The summed E-state index contributed by atoms with van der Waals surface area (Å²) in [5.74, 6) is 2.55. The molecule has 2 aliphatic rings. The summed E-state index contributed by atoms with van der Waals surface area (Å²) < 4.78 is 0. The third kappa shape index (κ3) is 5.81. The Balaban J connectivity index is 1.17. The van der Waals surface area contributed by atoms with Crippen LogP contribution >= 0.6 is 0 Å². The van der Waals surface area contributed by atoms with Crippen LogP contribution in [-0.4, -0.2) is 24.9 Å². The highest BCUT2D eigenvalue weighted by Gasteiger charge is 2.54. The van der Waals surface area contributed by atoms with Gasteiger partial charge in [-0.1, -0.05) is 214 Å². The lowest BCUT2D eigenvalue weighted by Gasteiger charge is -2.46. The second-order valence-corrected chi connectivity index (χ2v) is 17.2. The first-order valence-corrected chi connectivity index (χ1v) is 21.8. The van der Waals surface area contributed by atoms with E-state index in [2.05, 4.69) is 166 Å². The summed E-state index contributed by atoms with van der Waals surface area (Å²) in [6.45, 7) is 4.72. The molecule has 64 heavy (non-hydrogen) atoms. The first-order valence-electron chi connectivity index (χ1n) is 21.8. The van der Waals surface area contributed by atoms with Crippen LogP contribution in [0.15, 0.2) is 212 Å². The summed E-state index contributed by atoms with van der Waals surface area (Å²) in [5, 5.41) is 0. The molecule has 1 spiro atoms. The predicted octanol–water partition coefficient (Wildman–Crippen LogP) is 13.7. The highest BCUT2D eigenvalue weighted by molar-refractivity contribution is 5.97. The summed E-state index contributed by atoms with van der Waals surface area (Å²) in [7, 11) is 0. The fourth-order valence-electron chi connectivity index (χ4n) is 10.3. The highest BCUT2D eigenvalue weighted by atomic mass is 15.0. The highest BCUT2D eigenvalue weighted by Crippen LogP contribution is 2.63. The molecular weight excluding hydrogens is 779 g/mol. The predicted molar refractivity (Wildman–Crippen MR) is 257 cm³/mol. The molecule has 5 heteroatoms. The summed E-state index contributed by atoms with van der Waals surface area (Å²) in [4.78, 5) is 26.2. The summed E-state index contributed by atoms with van der Waals surface area (Å²) in [6, 6.07) is 74.9. The van der Waals surface area contributed by atoms with E-state index in [0.29, 0.717) is 23.3 Å². The molecule has 10 aromatic rings. The van der Waals surface area contributed by atoms with Crippen LogP contribution in [0.3, 0.4) is 0 Å². The maximum atomic E-state index is 5.32. The number of hydrogen-bond donors (Lipinski definition) is 0. The van der Waals surface area contributed by atoms with Gasteiger partial charge in [0.15, 0.2) is 23.3 Å². The molecule has 0 radical (unpaired) electrons. The van der Waals surface area contributed by atoms with E-state index in [1.54, 1.807) is 0 Å². The monoisotopic (exact) mass is 819 g/mol. The van der Waals surface area contributed by atoms with Crippen LogP contribution in [0.25, 0.3) is 79.2 Å². The molecule has 12 rings (SSSR count). The van der Waals surface area contributed by atoms with Gasteiger partial charge in [-0.25, -0.2) is 24.9 Å². The molecular formula is C59H41N5. The van der Waals surface area contributed by atoms with Gasteiger partial charge in [0, 0.05) is 38.8 Å². The molecule has 5 nitrogen and oxygen atoms in total. The Bertz CT molecular complexity index is 3240. The third-order valence-electron chi connectivity index (χ3n) is 13.2. The largest absolute Gasteiger partial charge is 0.228 e. The molecule has 0 amide bonds. The van der Waals surface area contributed by atoms with Crippen LogP contribution < -0.4 is 0 Å². The van der Waals surface area contributed by atoms with E-state index < -0.39 is 5.41 Å².